The van der Waals surface area contributed by atoms with Crippen molar-refractivity contribution < 1.29 is 117 Å². The summed E-state index contributed by atoms with van der Waals surface area (Å²) in [5.41, 5.74) is 0. The molecule has 0 aliphatic rings. The van der Waals surface area contributed by atoms with Crippen LogP contribution < -0.4 is 0 Å². The SMILES string of the molecule is [Cd+2].[Cd+2].[Cr+3].[Cr+3].[O-2].[O-2].[O-2].[O-2].[O-2]. The Morgan fingerprint density at radius 3 is 0.333 bits per heavy atom. The van der Waals surface area contributed by atoms with Crippen LogP contribution in [0.25, 0.3) is 0 Å². The first kappa shape index (κ1) is 183. The van der Waals surface area contributed by atoms with E-state index in [-0.39, 0.29) is 117 Å². The van der Waals surface area contributed by atoms with Gasteiger partial charge in [0.1, 0.15) is 0 Å². The van der Waals surface area contributed by atoms with Crippen LogP contribution in [-0.2, 0) is 117 Å². The minimum absolute atomic E-state index is 0. The normalized spacial score (nSPS) is 0. The molecule has 9 heavy (non-hydrogen) atoms. The van der Waals surface area contributed by atoms with Crippen LogP contribution >= 0.6 is 0 Å². The molecule has 0 atom stereocenters. The Hall–Kier alpha value is 2.71. The van der Waals surface area contributed by atoms with E-state index in [4.69, 9.17) is 0 Å². The van der Waals surface area contributed by atoms with Crippen molar-refractivity contribution in [1.29, 1.82) is 0 Å². The molecule has 46 valence electrons. The summed E-state index contributed by atoms with van der Waals surface area (Å²) in [4.78, 5) is 0. The second kappa shape index (κ2) is 138. The summed E-state index contributed by atoms with van der Waals surface area (Å²) < 4.78 is 0. The fourth-order valence-corrected chi connectivity index (χ4v) is 0. The summed E-state index contributed by atoms with van der Waals surface area (Å²) >= 11 is 0. The first-order valence-electron chi connectivity index (χ1n) is 0. The predicted molar refractivity (Wildman–Crippen MR) is 3.43 cm³/mol. The van der Waals surface area contributed by atoms with Gasteiger partial charge in [0.15, 0.2) is 0 Å². The van der Waals surface area contributed by atoms with Crippen LogP contribution in [0.5, 0.6) is 0 Å². The number of hydrogen-bond donors (Lipinski definition) is 0. The fourth-order valence-electron chi connectivity index (χ4n) is 0. The first-order valence-corrected chi connectivity index (χ1v) is 0. The predicted octanol–water partition coefficient (Wildman–Crippen LogP) is -0.604. The van der Waals surface area contributed by atoms with Gasteiger partial charge in [-0.15, -0.1) is 0 Å². The summed E-state index contributed by atoms with van der Waals surface area (Å²) in [6.45, 7) is 0. The molecule has 0 bridgehead atoms. The van der Waals surface area contributed by atoms with Gasteiger partial charge in [0, 0.05) is 0 Å². The van der Waals surface area contributed by atoms with Gasteiger partial charge in [-0.1, -0.05) is 0 Å². The minimum Gasteiger partial charge on any atom is -2.00 e. The standard InChI is InChI=1S/2Cd.2Cr.5O/q2*+2;2*+3;5*-2. The second-order valence-electron chi connectivity index (χ2n) is 0. The van der Waals surface area contributed by atoms with Crippen LogP contribution in [0, 0.1) is 0 Å². The molecular formula is Cd2Cr2O5. The molecule has 9 heteroatoms. The molecule has 0 aromatic carbocycles. The molecule has 0 aromatic rings. The molecule has 0 saturated carbocycles. The van der Waals surface area contributed by atoms with Crippen molar-refractivity contribution in [1.82, 2.24) is 0 Å². The van der Waals surface area contributed by atoms with E-state index in [2.05, 4.69) is 0 Å². The van der Waals surface area contributed by atoms with E-state index >= 15 is 0 Å². The molecule has 0 unspecified atom stereocenters. The maximum absolute atomic E-state index is 0. The average molecular weight is 409 g/mol. The Morgan fingerprint density at radius 2 is 0.333 bits per heavy atom. The molecule has 2 radical (unpaired) electrons. The summed E-state index contributed by atoms with van der Waals surface area (Å²) in [5, 5.41) is 0. The Morgan fingerprint density at radius 1 is 0.333 bits per heavy atom. The van der Waals surface area contributed by atoms with Gasteiger partial charge in [-0.05, 0) is 0 Å². The quantitative estimate of drug-likeness (QED) is 0.471. The zero-order valence-electron chi connectivity index (χ0n) is 4.27. The van der Waals surface area contributed by atoms with E-state index in [0.29, 0.717) is 0 Å². The van der Waals surface area contributed by atoms with Gasteiger partial charge in [0.05, 0.1) is 0 Å². The third-order valence-electron chi connectivity index (χ3n) is 0. The van der Waals surface area contributed by atoms with Crippen molar-refractivity contribution in [2.24, 2.45) is 0 Å². The van der Waals surface area contributed by atoms with Crippen LogP contribution in [0.1, 0.15) is 0 Å². The number of rotatable bonds is 0. The molecule has 0 spiro atoms. The van der Waals surface area contributed by atoms with Crippen molar-refractivity contribution in [3.05, 3.63) is 0 Å². The first-order chi connectivity index (χ1) is 0. The van der Waals surface area contributed by atoms with Crippen LogP contribution in [0.4, 0.5) is 0 Å². The minimum atomic E-state index is 0. The molecule has 0 fully saturated rings. The molecule has 5 nitrogen and oxygen atoms in total. The Bertz CT molecular complexity index is 12.9. The second-order valence-corrected chi connectivity index (χ2v) is 0. The van der Waals surface area contributed by atoms with E-state index in [1.54, 1.807) is 0 Å². The van der Waals surface area contributed by atoms with Crippen molar-refractivity contribution in [3.8, 4) is 0 Å². The van der Waals surface area contributed by atoms with E-state index in [9.17, 15) is 0 Å². The zero-order valence-corrected chi connectivity index (χ0v) is 14.9. The Balaban J connectivity index is 0. The van der Waals surface area contributed by atoms with Gasteiger partial charge < -0.3 is 27.4 Å². The van der Waals surface area contributed by atoms with Gasteiger partial charge in [-0.3, -0.25) is 0 Å². The van der Waals surface area contributed by atoms with E-state index in [0.717, 1.165) is 0 Å². The summed E-state index contributed by atoms with van der Waals surface area (Å²) in [6, 6.07) is 0. The molecule has 0 aromatic heterocycles. The third-order valence-corrected chi connectivity index (χ3v) is 0. The van der Waals surface area contributed by atoms with Crippen LogP contribution in [0.3, 0.4) is 0 Å². The monoisotopic (exact) mass is 412 g/mol. The summed E-state index contributed by atoms with van der Waals surface area (Å²) in [7, 11) is 0. The van der Waals surface area contributed by atoms with Crippen molar-refractivity contribution in [2.45, 2.75) is 0 Å². The molecular weight excluding hydrogens is 409 g/mol. The third kappa shape index (κ3) is 111. The molecule has 0 saturated heterocycles. The smallest absolute Gasteiger partial charge is 2.00 e. The number of hydrogen-bond acceptors (Lipinski definition) is 0. The van der Waals surface area contributed by atoms with Crippen molar-refractivity contribution in [3.63, 3.8) is 0 Å². The zero-order chi connectivity index (χ0) is 0. The maximum Gasteiger partial charge on any atom is 3.00 e. The molecule has 0 amide bonds. The van der Waals surface area contributed by atoms with Crippen molar-refractivity contribution >= 4 is 0 Å². The molecule has 0 rings (SSSR count). The van der Waals surface area contributed by atoms with E-state index in [1.807, 2.05) is 0 Å². The summed E-state index contributed by atoms with van der Waals surface area (Å²) in [6.07, 6.45) is 0. The van der Waals surface area contributed by atoms with E-state index in [1.165, 1.54) is 0 Å². The topological polar surface area (TPSA) is 142 Å². The largest absolute Gasteiger partial charge is 3.00 e. The van der Waals surface area contributed by atoms with Gasteiger partial charge in [-0.25, -0.2) is 0 Å². The Kier molecular flexibility index (Phi) is 2800. The van der Waals surface area contributed by atoms with Crippen LogP contribution in [0.2, 0.25) is 0 Å². The maximum atomic E-state index is 0. The average Bonchev–Trinajstić information content (AvgIpc) is 0. The van der Waals surface area contributed by atoms with Crippen molar-refractivity contribution in [2.75, 3.05) is 0 Å². The van der Waals surface area contributed by atoms with Gasteiger partial charge in [-0.2, -0.15) is 0 Å². The van der Waals surface area contributed by atoms with Crippen LogP contribution in [-0.4, -0.2) is 0 Å². The van der Waals surface area contributed by atoms with E-state index < -0.39 is 0 Å². The van der Waals surface area contributed by atoms with Gasteiger partial charge >= 0.3 is 89.3 Å². The molecule has 0 heterocycles. The molecule has 0 N–H and O–H groups in total. The van der Waals surface area contributed by atoms with Gasteiger partial charge in [0.25, 0.3) is 0 Å². The molecule has 0 aliphatic carbocycles. The van der Waals surface area contributed by atoms with Gasteiger partial charge in [0.2, 0.25) is 0 Å². The van der Waals surface area contributed by atoms with Crippen LogP contribution in [0.15, 0.2) is 0 Å². The Labute approximate surface area is 115 Å². The molecule has 0 aliphatic heterocycles. The fraction of sp³-hybridized carbons (Fsp3) is 0. The summed E-state index contributed by atoms with van der Waals surface area (Å²) in [5.74, 6) is 0.